The van der Waals surface area contributed by atoms with E-state index in [-0.39, 0.29) is 18.2 Å². The number of urea groups is 1. The second-order valence-electron chi connectivity index (χ2n) is 7.46. The summed E-state index contributed by atoms with van der Waals surface area (Å²) in [5.41, 5.74) is 2.07. The predicted molar refractivity (Wildman–Crippen MR) is 103 cm³/mol. The summed E-state index contributed by atoms with van der Waals surface area (Å²) in [6.45, 7) is 1.63. The van der Waals surface area contributed by atoms with E-state index in [2.05, 4.69) is 15.3 Å². The Kier molecular flexibility index (Phi) is 4.66. The molecule has 1 spiro atoms. The van der Waals surface area contributed by atoms with Crippen LogP contribution < -0.4 is 5.32 Å². The highest BCUT2D eigenvalue weighted by molar-refractivity contribution is 6.11. The zero-order chi connectivity index (χ0) is 19.7. The molecular weight excluding hydrogens is 356 g/mol. The third-order valence-corrected chi connectivity index (χ3v) is 5.62. The van der Waals surface area contributed by atoms with Gasteiger partial charge in [-0.1, -0.05) is 43.5 Å². The SMILES string of the molecule is Cc1nccnc1-c1ccc(C(=O)CN2C(=O)NC3(CCCCC3)C2=O)cc1. The summed E-state index contributed by atoms with van der Waals surface area (Å²) in [5, 5.41) is 2.83. The van der Waals surface area contributed by atoms with Gasteiger partial charge in [-0.25, -0.2) is 4.79 Å². The Hall–Kier alpha value is -3.09. The van der Waals surface area contributed by atoms with E-state index in [9.17, 15) is 14.4 Å². The molecule has 7 heteroatoms. The number of rotatable bonds is 4. The fraction of sp³-hybridized carbons (Fsp3) is 0.381. The van der Waals surface area contributed by atoms with Crippen molar-refractivity contribution in [3.05, 3.63) is 47.9 Å². The predicted octanol–water partition coefficient (Wildman–Crippen LogP) is 2.89. The molecule has 1 saturated heterocycles. The number of nitrogens with one attached hydrogen (secondary N) is 1. The highest BCUT2D eigenvalue weighted by Gasteiger charge is 2.51. The average molecular weight is 378 g/mol. The number of imide groups is 1. The summed E-state index contributed by atoms with van der Waals surface area (Å²) in [4.78, 5) is 47.4. The van der Waals surface area contributed by atoms with Crippen molar-refractivity contribution >= 4 is 17.7 Å². The Bertz CT molecular complexity index is 933. The molecule has 4 rings (SSSR count). The number of nitrogens with zero attached hydrogens (tertiary/aromatic N) is 3. The van der Waals surface area contributed by atoms with E-state index in [1.165, 1.54) is 0 Å². The number of amides is 3. The van der Waals surface area contributed by atoms with Gasteiger partial charge in [0, 0.05) is 23.5 Å². The molecule has 1 N–H and O–H groups in total. The lowest BCUT2D eigenvalue weighted by molar-refractivity contribution is -0.132. The lowest BCUT2D eigenvalue weighted by Gasteiger charge is -2.30. The van der Waals surface area contributed by atoms with Gasteiger partial charge >= 0.3 is 6.03 Å². The van der Waals surface area contributed by atoms with E-state index in [0.717, 1.165) is 41.1 Å². The molecule has 28 heavy (non-hydrogen) atoms. The van der Waals surface area contributed by atoms with E-state index in [1.807, 2.05) is 6.92 Å². The van der Waals surface area contributed by atoms with Gasteiger partial charge in [0.1, 0.15) is 5.54 Å². The smallest absolute Gasteiger partial charge is 0.323 e. The van der Waals surface area contributed by atoms with E-state index in [4.69, 9.17) is 0 Å². The van der Waals surface area contributed by atoms with Crippen molar-refractivity contribution in [3.63, 3.8) is 0 Å². The third-order valence-electron chi connectivity index (χ3n) is 5.62. The van der Waals surface area contributed by atoms with Crippen molar-refractivity contribution in [1.29, 1.82) is 0 Å². The first kappa shape index (κ1) is 18.3. The van der Waals surface area contributed by atoms with Crippen LogP contribution in [0.1, 0.15) is 48.2 Å². The Morgan fingerprint density at radius 2 is 1.75 bits per heavy atom. The Labute approximate surface area is 163 Å². The number of carbonyl (C=O) groups excluding carboxylic acids is 3. The Balaban J connectivity index is 1.49. The maximum atomic E-state index is 12.8. The summed E-state index contributed by atoms with van der Waals surface area (Å²) in [6.07, 6.45) is 7.45. The van der Waals surface area contributed by atoms with Gasteiger partial charge in [-0.3, -0.25) is 24.5 Å². The van der Waals surface area contributed by atoms with Gasteiger partial charge in [0.25, 0.3) is 5.91 Å². The lowest BCUT2D eigenvalue weighted by atomic mass is 9.82. The van der Waals surface area contributed by atoms with E-state index in [0.29, 0.717) is 18.4 Å². The molecule has 2 aromatic rings. The molecule has 0 unspecified atom stereocenters. The van der Waals surface area contributed by atoms with Crippen LogP contribution in [0.3, 0.4) is 0 Å². The van der Waals surface area contributed by atoms with Crippen LogP contribution in [0, 0.1) is 6.92 Å². The number of ketones is 1. The van der Waals surface area contributed by atoms with Crippen LogP contribution in [0.15, 0.2) is 36.7 Å². The zero-order valence-corrected chi connectivity index (χ0v) is 15.8. The second kappa shape index (κ2) is 7.14. The fourth-order valence-corrected chi connectivity index (χ4v) is 4.05. The maximum Gasteiger partial charge on any atom is 0.325 e. The van der Waals surface area contributed by atoms with Crippen molar-refractivity contribution in [2.75, 3.05) is 6.54 Å². The molecule has 1 aliphatic carbocycles. The summed E-state index contributed by atoms with van der Waals surface area (Å²) < 4.78 is 0. The number of carbonyl (C=O) groups is 3. The summed E-state index contributed by atoms with van der Waals surface area (Å²) >= 11 is 0. The van der Waals surface area contributed by atoms with Gasteiger partial charge in [-0.15, -0.1) is 0 Å². The van der Waals surface area contributed by atoms with Crippen LogP contribution in [-0.2, 0) is 4.79 Å². The van der Waals surface area contributed by atoms with Crippen molar-refractivity contribution in [2.24, 2.45) is 0 Å². The van der Waals surface area contributed by atoms with Crippen molar-refractivity contribution in [3.8, 4) is 11.3 Å². The van der Waals surface area contributed by atoms with Crippen LogP contribution in [-0.4, -0.2) is 44.7 Å². The molecule has 1 aromatic carbocycles. The quantitative estimate of drug-likeness (QED) is 0.652. The van der Waals surface area contributed by atoms with Crippen LogP contribution in [0.25, 0.3) is 11.3 Å². The highest BCUT2D eigenvalue weighted by Crippen LogP contribution is 2.33. The number of aryl methyl sites for hydroxylation is 1. The van der Waals surface area contributed by atoms with Crippen LogP contribution in [0.2, 0.25) is 0 Å². The standard InChI is InChI=1S/C21H22N4O3/c1-14-18(23-12-11-22-14)16-7-5-15(6-8-16)17(26)13-25-19(27)21(24-20(25)28)9-3-2-4-10-21/h5-8,11-12H,2-4,9-10,13H2,1H3,(H,24,28). The topological polar surface area (TPSA) is 92.3 Å². The largest absolute Gasteiger partial charge is 0.325 e. The highest BCUT2D eigenvalue weighted by atomic mass is 16.2. The molecule has 7 nitrogen and oxygen atoms in total. The zero-order valence-electron chi connectivity index (χ0n) is 15.8. The first-order valence-corrected chi connectivity index (χ1v) is 9.55. The van der Waals surface area contributed by atoms with Gasteiger partial charge in [0.05, 0.1) is 17.9 Å². The molecule has 3 amide bonds. The lowest BCUT2D eigenvalue weighted by Crippen LogP contribution is -2.48. The number of hydrogen-bond donors (Lipinski definition) is 1. The van der Waals surface area contributed by atoms with E-state index in [1.54, 1.807) is 36.7 Å². The molecule has 1 aliphatic heterocycles. The molecule has 1 saturated carbocycles. The molecule has 0 radical (unpaired) electrons. The van der Waals surface area contributed by atoms with Gasteiger partial charge in [-0.2, -0.15) is 0 Å². The van der Waals surface area contributed by atoms with Gasteiger partial charge < -0.3 is 5.32 Å². The first-order valence-electron chi connectivity index (χ1n) is 9.55. The molecule has 2 fully saturated rings. The molecule has 144 valence electrons. The van der Waals surface area contributed by atoms with Gasteiger partial charge in [0.15, 0.2) is 5.78 Å². The summed E-state index contributed by atoms with van der Waals surface area (Å²) in [5.74, 6) is -0.531. The van der Waals surface area contributed by atoms with Crippen LogP contribution >= 0.6 is 0 Å². The molecule has 2 heterocycles. The van der Waals surface area contributed by atoms with Crippen molar-refractivity contribution in [2.45, 2.75) is 44.6 Å². The minimum absolute atomic E-state index is 0.240. The second-order valence-corrected chi connectivity index (χ2v) is 7.46. The molecule has 0 atom stereocenters. The molecule has 1 aromatic heterocycles. The molecule has 0 bridgehead atoms. The maximum absolute atomic E-state index is 12.8. The number of benzene rings is 1. The van der Waals surface area contributed by atoms with E-state index < -0.39 is 11.6 Å². The number of Topliss-reactive ketones (excluding diaryl/α,β-unsaturated/α-hetero) is 1. The monoisotopic (exact) mass is 378 g/mol. The number of aromatic nitrogens is 2. The normalized spacial score (nSPS) is 18.4. The third kappa shape index (κ3) is 3.17. The Morgan fingerprint density at radius 1 is 1.07 bits per heavy atom. The fourth-order valence-electron chi connectivity index (χ4n) is 4.05. The van der Waals surface area contributed by atoms with Crippen molar-refractivity contribution in [1.82, 2.24) is 20.2 Å². The summed E-state index contributed by atoms with van der Waals surface area (Å²) in [7, 11) is 0. The average Bonchev–Trinajstić information content (AvgIpc) is 2.93. The molecular formula is C21H22N4O3. The van der Waals surface area contributed by atoms with E-state index >= 15 is 0 Å². The minimum atomic E-state index is -0.803. The van der Waals surface area contributed by atoms with Gasteiger partial charge in [0.2, 0.25) is 0 Å². The van der Waals surface area contributed by atoms with Gasteiger partial charge in [-0.05, 0) is 19.8 Å². The Morgan fingerprint density at radius 3 is 2.43 bits per heavy atom. The number of hydrogen-bond acceptors (Lipinski definition) is 5. The van der Waals surface area contributed by atoms with Crippen LogP contribution in [0.4, 0.5) is 4.79 Å². The molecule has 2 aliphatic rings. The first-order chi connectivity index (χ1) is 13.5. The minimum Gasteiger partial charge on any atom is -0.323 e. The summed E-state index contributed by atoms with van der Waals surface area (Å²) in [6, 6.07) is 6.53. The van der Waals surface area contributed by atoms with Crippen molar-refractivity contribution < 1.29 is 14.4 Å². The van der Waals surface area contributed by atoms with Crippen LogP contribution in [0.5, 0.6) is 0 Å².